The summed E-state index contributed by atoms with van der Waals surface area (Å²) < 4.78 is 0. The molecular formula is C11H14N4O3. The van der Waals surface area contributed by atoms with Gasteiger partial charge in [-0.2, -0.15) is 5.26 Å². The normalized spacial score (nSPS) is 11.9. The summed E-state index contributed by atoms with van der Waals surface area (Å²) in [6, 6.07) is 4.30. The SMILES string of the molecule is CC(C)C(O)CNc1ccc([N+](=O)[O-])c(C#N)n1. The molecule has 0 amide bonds. The molecule has 0 radical (unpaired) electrons. The Bertz CT molecular complexity index is 482. The number of pyridine rings is 1. The predicted octanol–water partition coefficient (Wildman–Crippen LogP) is 1.29. The Morgan fingerprint density at radius 2 is 2.28 bits per heavy atom. The molecular weight excluding hydrogens is 236 g/mol. The zero-order valence-electron chi connectivity index (χ0n) is 10.1. The Morgan fingerprint density at radius 1 is 1.61 bits per heavy atom. The zero-order valence-corrected chi connectivity index (χ0v) is 10.1. The van der Waals surface area contributed by atoms with Gasteiger partial charge < -0.3 is 10.4 Å². The maximum absolute atomic E-state index is 10.6. The van der Waals surface area contributed by atoms with Crippen LogP contribution in [0.25, 0.3) is 0 Å². The Balaban J connectivity index is 2.81. The number of nitrogens with one attached hydrogen (secondary N) is 1. The molecule has 1 aromatic rings. The molecule has 2 N–H and O–H groups in total. The molecule has 0 saturated heterocycles. The molecule has 1 rings (SSSR count). The van der Waals surface area contributed by atoms with Gasteiger partial charge in [-0.05, 0) is 12.0 Å². The minimum atomic E-state index is -0.654. The van der Waals surface area contributed by atoms with Gasteiger partial charge in [-0.3, -0.25) is 10.1 Å². The van der Waals surface area contributed by atoms with Crippen LogP contribution in [-0.2, 0) is 0 Å². The van der Waals surface area contributed by atoms with Crippen LogP contribution in [0.2, 0.25) is 0 Å². The van der Waals surface area contributed by atoms with Crippen molar-refractivity contribution in [2.24, 2.45) is 5.92 Å². The third-order valence-corrected chi connectivity index (χ3v) is 2.44. The van der Waals surface area contributed by atoms with E-state index >= 15 is 0 Å². The predicted molar refractivity (Wildman–Crippen MR) is 64.9 cm³/mol. The molecule has 0 spiro atoms. The van der Waals surface area contributed by atoms with Gasteiger partial charge in [-0.1, -0.05) is 13.8 Å². The summed E-state index contributed by atoms with van der Waals surface area (Å²) in [5.41, 5.74) is -0.573. The highest BCUT2D eigenvalue weighted by Crippen LogP contribution is 2.18. The summed E-state index contributed by atoms with van der Waals surface area (Å²) in [5, 5.41) is 31.8. The Hall–Kier alpha value is -2.20. The number of aliphatic hydroxyl groups excluding tert-OH is 1. The standard InChI is InChI=1S/C11H14N4O3/c1-7(2)10(16)6-13-11-4-3-9(15(17)18)8(5-12)14-11/h3-4,7,10,16H,6H2,1-2H3,(H,13,14). The lowest BCUT2D eigenvalue weighted by Gasteiger charge is -2.15. The van der Waals surface area contributed by atoms with Crippen molar-refractivity contribution in [1.29, 1.82) is 5.26 Å². The van der Waals surface area contributed by atoms with Crippen LogP contribution in [0.15, 0.2) is 12.1 Å². The summed E-state index contributed by atoms with van der Waals surface area (Å²) in [4.78, 5) is 13.8. The monoisotopic (exact) mass is 250 g/mol. The highest BCUT2D eigenvalue weighted by atomic mass is 16.6. The summed E-state index contributed by atoms with van der Waals surface area (Å²) >= 11 is 0. The molecule has 0 aromatic carbocycles. The Kier molecular flexibility index (Phi) is 4.57. The van der Waals surface area contributed by atoms with E-state index in [-0.39, 0.29) is 23.8 Å². The number of anilines is 1. The summed E-state index contributed by atoms with van der Waals surface area (Å²) in [5.74, 6) is 0.419. The van der Waals surface area contributed by atoms with E-state index in [1.54, 1.807) is 6.07 Å². The fourth-order valence-corrected chi connectivity index (χ4v) is 1.22. The first-order chi connectivity index (χ1) is 8.45. The topological polar surface area (TPSA) is 112 Å². The van der Waals surface area contributed by atoms with Gasteiger partial charge in [0.25, 0.3) is 0 Å². The number of hydrogen-bond acceptors (Lipinski definition) is 6. The summed E-state index contributed by atoms with van der Waals surface area (Å²) in [7, 11) is 0. The molecule has 1 heterocycles. The molecule has 0 aliphatic carbocycles. The van der Waals surface area contributed by atoms with Gasteiger partial charge >= 0.3 is 5.69 Å². The van der Waals surface area contributed by atoms with Gasteiger partial charge in [-0.25, -0.2) is 4.98 Å². The maximum atomic E-state index is 10.6. The molecule has 1 aromatic heterocycles. The van der Waals surface area contributed by atoms with E-state index in [9.17, 15) is 15.2 Å². The van der Waals surface area contributed by atoms with E-state index in [4.69, 9.17) is 5.26 Å². The van der Waals surface area contributed by atoms with E-state index in [1.807, 2.05) is 13.8 Å². The fraction of sp³-hybridized carbons (Fsp3) is 0.455. The molecule has 96 valence electrons. The zero-order chi connectivity index (χ0) is 13.7. The van der Waals surface area contributed by atoms with Crippen molar-refractivity contribution in [2.75, 3.05) is 11.9 Å². The van der Waals surface area contributed by atoms with E-state index in [0.717, 1.165) is 0 Å². The van der Waals surface area contributed by atoms with E-state index in [1.165, 1.54) is 12.1 Å². The minimum Gasteiger partial charge on any atom is -0.391 e. The van der Waals surface area contributed by atoms with Crippen molar-refractivity contribution in [2.45, 2.75) is 20.0 Å². The average molecular weight is 250 g/mol. The molecule has 18 heavy (non-hydrogen) atoms. The van der Waals surface area contributed by atoms with Gasteiger partial charge in [0.2, 0.25) is 5.69 Å². The van der Waals surface area contributed by atoms with Crippen LogP contribution in [0.5, 0.6) is 0 Å². The minimum absolute atomic E-state index is 0.0889. The molecule has 0 bridgehead atoms. The van der Waals surface area contributed by atoms with Crippen molar-refractivity contribution >= 4 is 11.5 Å². The largest absolute Gasteiger partial charge is 0.391 e. The molecule has 0 aliphatic heterocycles. The number of aromatic nitrogens is 1. The van der Waals surface area contributed by atoms with Gasteiger partial charge in [0.1, 0.15) is 11.9 Å². The Morgan fingerprint density at radius 3 is 2.78 bits per heavy atom. The summed E-state index contributed by atoms with van der Waals surface area (Å²) in [6.07, 6.45) is -0.549. The van der Waals surface area contributed by atoms with Crippen LogP contribution < -0.4 is 5.32 Å². The van der Waals surface area contributed by atoms with Crippen molar-refractivity contribution < 1.29 is 10.0 Å². The van der Waals surface area contributed by atoms with Gasteiger partial charge in [0, 0.05) is 12.6 Å². The van der Waals surface area contributed by atoms with Gasteiger partial charge in [0.15, 0.2) is 0 Å². The van der Waals surface area contributed by atoms with Crippen LogP contribution in [0.1, 0.15) is 19.5 Å². The fourth-order valence-electron chi connectivity index (χ4n) is 1.22. The highest BCUT2D eigenvalue weighted by Gasteiger charge is 2.16. The van der Waals surface area contributed by atoms with Crippen molar-refractivity contribution in [3.05, 3.63) is 27.9 Å². The number of nitro groups is 1. The second kappa shape index (κ2) is 5.93. The first-order valence-electron chi connectivity index (χ1n) is 5.43. The van der Waals surface area contributed by atoms with Crippen molar-refractivity contribution in [1.82, 2.24) is 4.98 Å². The molecule has 0 aliphatic rings. The van der Waals surface area contributed by atoms with E-state index in [0.29, 0.717) is 5.82 Å². The maximum Gasteiger partial charge on any atom is 0.305 e. The van der Waals surface area contributed by atoms with Crippen LogP contribution in [0, 0.1) is 27.4 Å². The first-order valence-corrected chi connectivity index (χ1v) is 5.43. The number of nitrogens with zero attached hydrogens (tertiary/aromatic N) is 3. The number of rotatable bonds is 5. The molecule has 1 unspecified atom stereocenters. The number of aliphatic hydroxyl groups is 1. The van der Waals surface area contributed by atoms with Crippen molar-refractivity contribution in [3.63, 3.8) is 0 Å². The molecule has 0 fully saturated rings. The first kappa shape index (κ1) is 13.9. The lowest BCUT2D eigenvalue weighted by Crippen LogP contribution is -2.25. The average Bonchev–Trinajstić information content (AvgIpc) is 2.34. The second-order valence-corrected chi connectivity index (χ2v) is 4.13. The highest BCUT2D eigenvalue weighted by molar-refractivity contribution is 5.50. The number of nitriles is 1. The molecule has 1 atom stereocenters. The molecule has 7 heteroatoms. The van der Waals surface area contributed by atoms with Crippen molar-refractivity contribution in [3.8, 4) is 6.07 Å². The van der Waals surface area contributed by atoms with Crippen LogP contribution in [-0.4, -0.2) is 27.7 Å². The quantitative estimate of drug-likeness (QED) is 0.601. The third-order valence-electron chi connectivity index (χ3n) is 2.44. The van der Waals surface area contributed by atoms with E-state index < -0.39 is 11.0 Å². The smallest absolute Gasteiger partial charge is 0.305 e. The van der Waals surface area contributed by atoms with Gasteiger partial charge in [0.05, 0.1) is 11.0 Å². The van der Waals surface area contributed by atoms with Crippen LogP contribution in [0.3, 0.4) is 0 Å². The summed E-state index contributed by atoms with van der Waals surface area (Å²) in [6.45, 7) is 4.01. The lowest BCUT2D eigenvalue weighted by atomic mass is 10.1. The second-order valence-electron chi connectivity index (χ2n) is 4.13. The van der Waals surface area contributed by atoms with Crippen LogP contribution >= 0.6 is 0 Å². The molecule has 0 saturated carbocycles. The third kappa shape index (κ3) is 3.40. The lowest BCUT2D eigenvalue weighted by molar-refractivity contribution is -0.385. The van der Waals surface area contributed by atoms with E-state index in [2.05, 4.69) is 10.3 Å². The Labute approximate surface area is 104 Å². The van der Waals surface area contributed by atoms with Crippen LogP contribution in [0.4, 0.5) is 11.5 Å². The molecule has 7 nitrogen and oxygen atoms in total. The van der Waals surface area contributed by atoms with Gasteiger partial charge in [-0.15, -0.1) is 0 Å². The number of hydrogen-bond donors (Lipinski definition) is 2.